The average Bonchev–Trinajstić information content (AvgIpc) is 3.54. The van der Waals surface area contributed by atoms with Gasteiger partial charge in [-0.1, -0.05) is 141 Å². The second-order valence-corrected chi connectivity index (χ2v) is 19.7. The molecule has 1 aliphatic heterocycles. The monoisotopic (exact) mass is 977 g/mol. The third kappa shape index (κ3) is 26.5. The quantitative estimate of drug-likeness (QED) is 0.0123. The zero-order chi connectivity index (χ0) is 48.8. The van der Waals surface area contributed by atoms with Crippen molar-refractivity contribution in [3.8, 4) is 0 Å². The Morgan fingerprint density at radius 1 is 0.833 bits per heavy atom. The second-order valence-electron chi connectivity index (χ2n) is 16.7. The lowest BCUT2D eigenvalue weighted by Crippen LogP contribution is -2.36. The first-order chi connectivity index (χ1) is 31.5. The van der Waals surface area contributed by atoms with E-state index in [1.807, 2.05) is 18.2 Å². The van der Waals surface area contributed by atoms with E-state index in [1.54, 1.807) is 6.08 Å². The van der Waals surface area contributed by atoms with Crippen LogP contribution in [0.5, 0.6) is 0 Å². The molecule has 0 saturated carbocycles. The van der Waals surface area contributed by atoms with E-state index in [1.165, 1.54) is 38.2 Å². The highest BCUT2D eigenvalue weighted by atomic mass is 31.3. The van der Waals surface area contributed by atoms with Gasteiger partial charge in [-0.15, -0.1) is 0 Å². The summed E-state index contributed by atoms with van der Waals surface area (Å²) in [5.41, 5.74) is 4.57. The molecule has 1 saturated heterocycles. The minimum Gasteiger partial charge on any atom is -0.462 e. The molecule has 378 valence electrons. The molecule has 9 atom stereocenters. The first-order valence-corrected chi connectivity index (χ1v) is 26.5. The topological polar surface area (TPSA) is 286 Å². The highest BCUT2D eigenvalue weighted by Crippen LogP contribution is 2.60. The van der Waals surface area contributed by atoms with E-state index in [2.05, 4.69) is 42.2 Å². The summed E-state index contributed by atoms with van der Waals surface area (Å²) in [5, 5.41) is 31.1. The maximum Gasteiger partial charge on any atom is 0.481 e. The van der Waals surface area contributed by atoms with Crippen LogP contribution in [0.3, 0.4) is 0 Å². The summed E-state index contributed by atoms with van der Waals surface area (Å²) in [6.45, 7) is 4.19. The third-order valence-corrected chi connectivity index (χ3v) is 13.5. The van der Waals surface area contributed by atoms with Crippen LogP contribution in [0.15, 0.2) is 53.5 Å². The summed E-state index contributed by atoms with van der Waals surface area (Å²) in [7, 11) is -10.9. The number of phosphoric acid groups is 2. The Bertz CT molecular complexity index is 1780. The molecule has 0 radical (unpaired) electrons. The summed E-state index contributed by atoms with van der Waals surface area (Å²) in [6.07, 6.45) is 21.3. The van der Waals surface area contributed by atoms with Gasteiger partial charge < -0.3 is 45.1 Å². The van der Waals surface area contributed by atoms with Crippen LogP contribution in [0.1, 0.15) is 155 Å². The van der Waals surface area contributed by atoms with E-state index in [9.17, 15) is 48.6 Å². The van der Waals surface area contributed by atoms with Gasteiger partial charge >= 0.3 is 33.3 Å². The molecule has 0 bridgehead atoms. The summed E-state index contributed by atoms with van der Waals surface area (Å²) in [6, 6.07) is 1.24. The van der Waals surface area contributed by atoms with Crippen LogP contribution in [0.25, 0.3) is 0 Å². The predicted molar refractivity (Wildman–Crippen MR) is 249 cm³/mol. The maximum atomic E-state index is 12.8. The smallest absolute Gasteiger partial charge is 0.462 e. The van der Waals surface area contributed by atoms with Crippen LogP contribution in [0.4, 0.5) is 5.82 Å². The lowest BCUT2D eigenvalue weighted by atomic mass is 9.99. The fraction of sp³-hybridized carbons (Fsp3) is 0.733. The number of rotatable bonds is 37. The maximum absolute atomic E-state index is 12.8. The minimum atomic E-state index is -5.44. The van der Waals surface area contributed by atoms with Gasteiger partial charge in [0, 0.05) is 19.0 Å². The number of nitrogens with zero attached hydrogens (tertiary/aromatic N) is 2. The molecule has 0 aromatic carbocycles. The molecular formula is C45H77N3O16P2. The van der Waals surface area contributed by atoms with E-state index < -0.39 is 89.8 Å². The third-order valence-electron chi connectivity index (χ3n) is 10.9. The highest BCUT2D eigenvalue weighted by molar-refractivity contribution is 7.61. The molecule has 7 N–H and O–H groups in total. The second kappa shape index (κ2) is 33.4. The first-order valence-electron chi connectivity index (χ1n) is 23.5. The summed E-state index contributed by atoms with van der Waals surface area (Å²) in [5.74, 6) is -0.616. The predicted octanol–water partition coefficient (Wildman–Crippen LogP) is 7.66. The van der Waals surface area contributed by atoms with Gasteiger partial charge in [0.15, 0.2) is 12.3 Å². The Morgan fingerprint density at radius 2 is 1.44 bits per heavy atom. The normalized spacial score (nSPS) is 21.0. The van der Waals surface area contributed by atoms with Crippen LogP contribution >= 0.6 is 15.6 Å². The Kier molecular flexibility index (Phi) is 29.9. The molecule has 21 heteroatoms. The van der Waals surface area contributed by atoms with Crippen molar-refractivity contribution < 1.29 is 71.4 Å². The Labute approximate surface area is 390 Å². The largest absolute Gasteiger partial charge is 0.481 e. The van der Waals surface area contributed by atoms with Crippen LogP contribution in [0, 0.1) is 5.92 Å². The van der Waals surface area contributed by atoms with Gasteiger partial charge in [0.2, 0.25) is 0 Å². The molecule has 2 rings (SSSR count). The fourth-order valence-electron chi connectivity index (χ4n) is 6.83. The lowest BCUT2D eigenvalue weighted by Gasteiger charge is -2.21. The van der Waals surface area contributed by atoms with Crippen molar-refractivity contribution in [1.29, 1.82) is 0 Å². The van der Waals surface area contributed by atoms with Crippen molar-refractivity contribution in [1.82, 2.24) is 9.55 Å². The van der Waals surface area contributed by atoms with Gasteiger partial charge in [-0.05, 0) is 44.1 Å². The van der Waals surface area contributed by atoms with Gasteiger partial charge in [0.05, 0.1) is 19.3 Å². The number of nitrogens with two attached hydrogens (primary N) is 1. The van der Waals surface area contributed by atoms with Gasteiger partial charge in [0.1, 0.15) is 30.7 Å². The SMILES string of the molecule is CC/C=C/C/C=C/C=C/C(O)CCCCCCCC(=O)O[C@H](COC(=O)CCCCCCCCCCC(C)CC)COP(=O)(O)OP(=O)(O)OC[C@H]1O[C@@H](n2ccc(N)nc2=O)[C@H](O)[C@@H]1O. The number of carbonyl (C=O) groups excluding carboxylic acids is 2. The number of phosphoric ester groups is 2. The zero-order valence-electron chi connectivity index (χ0n) is 39.0. The van der Waals surface area contributed by atoms with Crippen molar-refractivity contribution in [3.63, 3.8) is 0 Å². The zero-order valence-corrected chi connectivity index (χ0v) is 40.8. The number of aromatic nitrogens is 2. The van der Waals surface area contributed by atoms with Gasteiger partial charge in [-0.25, -0.2) is 13.9 Å². The molecule has 0 amide bonds. The molecule has 0 spiro atoms. The van der Waals surface area contributed by atoms with E-state index in [0.717, 1.165) is 74.5 Å². The van der Waals surface area contributed by atoms with E-state index in [-0.39, 0.29) is 18.7 Å². The number of carbonyl (C=O) groups is 2. The number of allylic oxidation sites excluding steroid dienone is 5. The fourth-order valence-corrected chi connectivity index (χ4v) is 8.94. The van der Waals surface area contributed by atoms with Crippen molar-refractivity contribution >= 4 is 33.4 Å². The van der Waals surface area contributed by atoms with Crippen molar-refractivity contribution in [3.05, 3.63) is 59.2 Å². The molecule has 1 fully saturated rings. The number of hydrogen-bond donors (Lipinski definition) is 6. The number of aliphatic hydroxyl groups is 3. The number of aliphatic hydroxyl groups excluding tert-OH is 3. The Balaban J connectivity index is 1.86. The number of unbranched alkanes of at least 4 members (excludes halogenated alkanes) is 11. The Hall–Kier alpha value is -3.06. The number of hydrogen-bond acceptors (Lipinski definition) is 16. The average molecular weight is 978 g/mol. The van der Waals surface area contributed by atoms with Crippen LogP contribution in [-0.2, 0) is 46.3 Å². The van der Waals surface area contributed by atoms with E-state index in [4.69, 9.17) is 29.0 Å². The lowest BCUT2D eigenvalue weighted by molar-refractivity contribution is -0.161. The van der Waals surface area contributed by atoms with Gasteiger partial charge in [-0.2, -0.15) is 9.29 Å². The van der Waals surface area contributed by atoms with Crippen molar-refractivity contribution in [2.45, 2.75) is 186 Å². The molecule has 2 heterocycles. The van der Waals surface area contributed by atoms with Crippen molar-refractivity contribution in [2.24, 2.45) is 5.92 Å². The molecule has 4 unspecified atom stereocenters. The number of ether oxygens (including phenoxy) is 3. The van der Waals surface area contributed by atoms with Crippen LogP contribution in [0.2, 0.25) is 0 Å². The minimum absolute atomic E-state index is 0.0193. The van der Waals surface area contributed by atoms with E-state index >= 15 is 0 Å². The standard InChI is InChI=1S/C45H77N3O16P2/c1-4-6-7-8-11-16-21-26-36(49)27-22-17-14-19-24-29-41(51)62-37(32-59-40(50)28-23-18-13-10-9-12-15-20-25-35(3)5-2)33-60-65(55,56)64-66(57,58)61-34-38-42(52)43(53)44(63-38)48-31-30-39(46)47-45(48)54/h6-7,11,16,21,26,30-31,35-38,42-44,49,52-53H,4-5,8-10,12-15,17-20,22-25,27-29,32-34H2,1-3H3,(H,55,56)(H,57,58)(H2,46,47,54)/b7-6+,16-11+,26-21+/t35?,36?,37-,38-,42-,43-,44-/m1/s1. The molecule has 1 aromatic rings. The molecule has 19 nitrogen and oxygen atoms in total. The van der Waals surface area contributed by atoms with Gasteiger partial charge in [-0.3, -0.25) is 23.2 Å². The molecule has 1 aromatic heterocycles. The van der Waals surface area contributed by atoms with Gasteiger partial charge in [0.25, 0.3) is 0 Å². The first kappa shape index (κ1) is 59.1. The Morgan fingerprint density at radius 3 is 2.08 bits per heavy atom. The summed E-state index contributed by atoms with van der Waals surface area (Å²) in [4.78, 5) is 61.7. The number of esters is 2. The molecule has 66 heavy (non-hydrogen) atoms. The summed E-state index contributed by atoms with van der Waals surface area (Å²) >= 11 is 0. The number of anilines is 1. The van der Waals surface area contributed by atoms with Crippen molar-refractivity contribution in [2.75, 3.05) is 25.6 Å². The summed E-state index contributed by atoms with van der Waals surface area (Å²) < 4.78 is 56.6. The number of nitrogen functional groups attached to an aromatic ring is 1. The van der Waals surface area contributed by atoms with Crippen LogP contribution in [-0.4, -0.2) is 96.9 Å². The molecular weight excluding hydrogens is 900 g/mol. The van der Waals surface area contributed by atoms with Crippen LogP contribution < -0.4 is 11.4 Å². The molecule has 0 aliphatic carbocycles. The molecule has 1 aliphatic rings. The highest BCUT2D eigenvalue weighted by Gasteiger charge is 2.46. The van der Waals surface area contributed by atoms with E-state index in [0.29, 0.717) is 25.7 Å².